The summed E-state index contributed by atoms with van der Waals surface area (Å²) in [6.45, 7) is 3.98. The highest BCUT2D eigenvalue weighted by Crippen LogP contribution is 2.40. The number of aliphatic hydroxyl groups excluding tert-OH is 1. The fourth-order valence-corrected chi connectivity index (χ4v) is 6.31. The van der Waals surface area contributed by atoms with Crippen LogP contribution in [-0.2, 0) is 27.7 Å². The second-order valence-electron chi connectivity index (χ2n) is 8.33. The van der Waals surface area contributed by atoms with Gasteiger partial charge in [0.2, 0.25) is 15.9 Å². The van der Waals surface area contributed by atoms with E-state index in [1.807, 2.05) is 30.3 Å². The van der Waals surface area contributed by atoms with Gasteiger partial charge in [0.05, 0.1) is 17.5 Å². The van der Waals surface area contributed by atoms with E-state index in [0.29, 0.717) is 36.7 Å². The van der Waals surface area contributed by atoms with Crippen LogP contribution in [0.5, 0.6) is 11.5 Å². The Morgan fingerprint density at radius 3 is 2.44 bits per heavy atom. The third-order valence-electron chi connectivity index (χ3n) is 5.70. The summed E-state index contributed by atoms with van der Waals surface area (Å²) in [6.07, 6.45) is 0.651. The van der Waals surface area contributed by atoms with Crippen LogP contribution in [0, 0.1) is 0 Å². The van der Waals surface area contributed by atoms with Crippen LogP contribution in [0.2, 0.25) is 0 Å². The monoisotopic (exact) mass is 460 g/mol. The van der Waals surface area contributed by atoms with Gasteiger partial charge >= 0.3 is 0 Å². The molecule has 2 atom stereocenters. The number of fused-ring (bicyclic) bond motifs is 2. The molecule has 32 heavy (non-hydrogen) atoms. The molecule has 2 heterocycles. The van der Waals surface area contributed by atoms with Gasteiger partial charge in [-0.2, -0.15) is 4.31 Å². The molecule has 0 aromatic heterocycles. The molecule has 2 aliphatic rings. The predicted molar refractivity (Wildman–Crippen MR) is 118 cm³/mol. The van der Waals surface area contributed by atoms with Gasteiger partial charge in [-0.25, -0.2) is 8.42 Å². The first-order valence-corrected chi connectivity index (χ1v) is 12.2. The summed E-state index contributed by atoms with van der Waals surface area (Å²) in [5, 5.41) is 12.7. The molecule has 172 valence electrons. The number of rotatable bonds is 6. The van der Waals surface area contributed by atoms with Crippen molar-refractivity contribution in [2.45, 2.75) is 49.7 Å². The number of aliphatic hydroxyl groups is 1. The summed E-state index contributed by atoms with van der Waals surface area (Å²) in [5.74, 6) is 0.450. The molecule has 0 saturated carbocycles. The molecule has 0 fully saturated rings. The zero-order valence-electron chi connectivity index (χ0n) is 18.2. The highest BCUT2D eigenvalue weighted by molar-refractivity contribution is 7.89. The molecule has 9 heteroatoms. The van der Waals surface area contributed by atoms with E-state index < -0.39 is 34.1 Å². The lowest BCUT2D eigenvalue weighted by molar-refractivity contribution is -0.126. The van der Waals surface area contributed by atoms with Crippen molar-refractivity contribution in [1.82, 2.24) is 9.62 Å². The Bertz CT molecular complexity index is 1090. The van der Waals surface area contributed by atoms with Gasteiger partial charge in [0.15, 0.2) is 11.5 Å². The average Bonchev–Trinajstić information content (AvgIpc) is 2.77. The minimum atomic E-state index is -3.94. The van der Waals surface area contributed by atoms with Crippen molar-refractivity contribution in [3.63, 3.8) is 0 Å². The van der Waals surface area contributed by atoms with Crippen LogP contribution in [0.25, 0.3) is 0 Å². The highest BCUT2D eigenvalue weighted by atomic mass is 32.2. The van der Waals surface area contributed by atoms with E-state index in [0.717, 1.165) is 5.56 Å². The van der Waals surface area contributed by atoms with Crippen LogP contribution in [0.15, 0.2) is 47.4 Å². The summed E-state index contributed by atoms with van der Waals surface area (Å²) in [6, 6.07) is 10.8. The molecule has 0 saturated heterocycles. The van der Waals surface area contributed by atoms with Crippen molar-refractivity contribution in [2.24, 2.45) is 0 Å². The maximum absolute atomic E-state index is 13.5. The zero-order chi connectivity index (χ0) is 22.9. The molecule has 2 aromatic rings. The van der Waals surface area contributed by atoms with Crippen molar-refractivity contribution in [3.05, 3.63) is 53.6 Å². The van der Waals surface area contributed by atoms with Gasteiger partial charge in [-0.1, -0.05) is 30.3 Å². The molecule has 0 spiro atoms. The number of ether oxygens (including phenoxy) is 2. The zero-order valence-corrected chi connectivity index (χ0v) is 19.0. The largest absolute Gasteiger partial charge is 0.486 e. The van der Waals surface area contributed by atoms with Crippen LogP contribution in [0.3, 0.4) is 0 Å². The van der Waals surface area contributed by atoms with Crippen LogP contribution >= 0.6 is 0 Å². The van der Waals surface area contributed by atoms with E-state index in [1.165, 1.54) is 10.4 Å². The van der Waals surface area contributed by atoms with Gasteiger partial charge < -0.3 is 19.9 Å². The van der Waals surface area contributed by atoms with E-state index in [2.05, 4.69) is 5.32 Å². The molecule has 0 radical (unpaired) electrons. The van der Waals surface area contributed by atoms with Gasteiger partial charge in [-0.05, 0) is 43.9 Å². The summed E-state index contributed by atoms with van der Waals surface area (Å²) in [5.41, 5.74) is 1.49. The van der Waals surface area contributed by atoms with E-state index in [4.69, 9.17) is 9.47 Å². The lowest BCUT2D eigenvalue weighted by atomic mass is 10.0. The number of benzene rings is 2. The maximum atomic E-state index is 13.5. The number of hydrogen-bond donors (Lipinski definition) is 2. The molecule has 2 aliphatic heterocycles. The molecule has 0 aliphatic carbocycles. The van der Waals surface area contributed by atoms with Gasteiger partial charge in [0.1, 0.15) is 19.3 Å². The Hall–Kier alpha value is -2.62. The quantitative estimate of drug-likeness (QED) is 0.677. The van der Waals surface area contributed by atoms with Crippen molar-refractivity contribution in [2.75, 3.05) is 19.8 Å². The first kappa shape index (κ1) is 22.6. The number of nitrogens with zero attached hydrogens (tertiary/aromatic N) is 1. The Labute approximate surface area is 188 Å². The maximum Gasteiger partial charge on any atom is 0.244 e. The molecular weight excluding hydrogens is 432 g/mol. The second-order valence-corrected chi connectivity index (χ2v) is 10.1. The Balaban J connectivity index is 1.63. The topological polar surface area (TPSA) is 105 Å². The van der Waals surface area contributed by atoms with Gasteiger partial charge in [-0.3, -0.25) is 4.79 Å². The average molecular weight is 461 g/mol. The SMILES string of the molecule is CC(C)N1C(C(=O)N[C@H](CO)Cc2ccccc2)Cc2cc3c(cc2S1(=O)=O)OCCO3. The number of nitrogens with one attached hydrogen (secondary N) is 1. The van der Waals surface area contributed by atoms with Crippen LogP contribution < -0.4 is 14.8 Å². The van der Waals surface area contributed by atoms with E-state index in [-0.39, 0.29) is 17.9 Å². The molecular formula is C23H28N2O6S. The summed E-state index contributed by atoms with van der Waals surface area (Å²) in [7, 11) is -3.94. The Kier molecular flexibility index (Phi) is 6.41. The standard InChI is InChI=1S/C23H28N2O6S/c1-15(2)25-19(23(27)24-18(14-26)10-16-6-4-3-5-7-16)11-17-12-20-21(31-9-8-30-20)13-22(17)32(25,28)29/h3-7,12-13,15,18-19,26H,8-11,14H2,1-2H3,(H,24,27)/t18-,19?/m0/s1. The minimum Gasteiger partial charge on any atom is -0.486 e. The van der Waals surface area contributed by atoms with Gasteiger partial charge in [0.25, 0.3) is 0 Å². The Morgan fingerprint density at radius 1 is 1.16 bits per heavy atom. The molecule has 0 bridgehead atoms. The lowest BCUT2D eigenvalue weighted by Gasteiger charge is -2.38. The predicted octanol–water partition coefficient (Wildman–Crippen LogP) is 1.50. The van der Waals surface area contributed by atoms with E-state index >= 15 is 0 Å². The van der Waals surface area contributed by atoms with Crippen molar-refractivity contribution in [3.8, 4) is 11.5 Å². The number of amides is 1. The fourth-order valence-electron chi connectivity index (χ4n) is 4.29. The molecule has 4 rings (SSSR count). The van der Waals surface area contributed by atoms with Gasteiger partial charge in [0, 0.05) is 12.1 Å². The summed E-state index contributed by atoms with van der Waals surface area (Å²) in [4.78, 5) is 13.4. The lowest BCUT2D eigenvalue weighted by Crippen LogP contribution is -2.57. The molecule has 2 aromatic carbocycles. The normalized spacial score (nSPS) is 20.4. The first-order valence-electron chi connectivity index (χ1n) is 10.7. The fraction of sp³-hybridized carbons (Fsp3) is 0.435. The van der Waals surface area contributed by atoms with Crippen LogP contribution in [-0.4, -0.2) is 61.7 Å². The van der Waals surface area contributed by atoms with Crippen molar-refractivity contribution >= 4 is 15.9 Å². The summed E-state index contributed by atoms with van der Waals surface area (Å²) >= 11 is 0. The molecule has 1 amide bonds. The van der Waals surface area contributed by atoms with E-state index in [1.54, 1.807) is 19.9 Å². The van der Waals surface area contributed by atoms with Crippen LogP contribution in [0.1, 0.15) is 25.0 Å². The number of carbonyl (C=O) groups is 1. The molecule has 1 unspecified atom stereocenters. The van der Waals surface area contributed by atoms with Crippen molar-refractivity contribution in [1.29, 1.82) is 0 Å². The smallest absolute Gasteiger partial charge is 0.244 e. The number of sulfonamides is 1. The minimum absolute atomic E-state index is 0.141. The molecule has 2 N–H and O–H groups in total. The second kappa shape index (κ2) is 9.09. The van der Waals surface area contributed by atoms with Crippen LogP contribution in [0.4, 0.5) is 0 Å². The summed E-state index contributed by atoms with van der Waals surface area (Å²) < 4.78 is 39.4. The number of carbonyl (C=O) groups excluding carboxylic acids is 1. The first-order chi connectivity index (χ1) is 15.3. The number of hydrogen-bond acceptors (Lipinski definition) is 6. The van der Waals surface area contributed by atoms with Gasteiger partial charge in [-0.15, -0.1) is 0 Å². The molecule has 8 nitrogen and oxygen atoms in total. The third-order valence-corrected chi connectivity index (χ3v) is 7.87. The highest BCUT2D eigenvalue weighted by Gasteiger charge is 2.44. The third kappa shape index (κ3) is 4.32. The van der Waals surface area contributed by atoms with Crippen molar-refractivity contribution < 1.29 is 27.8 Å². The Morgan fingerprint density at radius 2 is 1.81 bits per heavy atom. The van der Waals surface area contributed by atoms with E-state index in [9.17, 15) is 18.3 Å².